The first-order valence-corrected chi connectivity index (χ1v) is 18.2. The molecule has 0 amide bonds. The van der Waals surface area contributed by atoms with E-state index in [1.807, 2.05) is 0 Å². The van der Waals surface area contributed by atoms with Gasteiger partial charge in [-0.2, -0.15) is 0 Å². The maximum atomic E-state index is 12.1. The molecule has 254 valence electrons. The standard InChI is InChI=1S/C39H68O5/c1-3-5-7-9-11-13-15-17-18-19-20-22-24-26-28-30-32-34-39(42)44-37(35-40)36-43-38(41)33-31-29-27-25-23-21-16-14-12-10-8-6-4-2/h11,13,17-18,20,22,26,28,37,40H,3-10,12,14-16,19,21,23-25,27,29-36H2,1-2H3/b13-11-,18-17-,22-20-,28-26-/t37-/m0/s1. The second-order valence-electron chi connectivity index (χ2n) is 12.0. The number of allylic oxidation sites excluding steroid dienone is 8. The van der Waals surface area contributed by atoms with Gasteiger partial charge in [-0.15, -0.1) is 0 Å². The van der Waals surface area contributed by atoms with Gasteiger partial charge in [-0.25, -0.2) is 0 Å². The van der Waals surface area contributed by atoms with Crippen molar-refractivity contribution in [2.75, 3.05) is 13.2 Å². The van der Waals surface area contributed by atoms with Crippen LogP contribution in [-0.4, -0.2) is 36.4 Å². The maximum absolute atomic E-state index is 12.1. The van der Waals surface area contributed by atoms with E-state index >= 15 is 0 Å². The van der Waals surface area contributed by atoms with E-state index in [9.17, 15) is 14.7 Å². The van der Waals surface area contributed by atoms with Crippen molar-refractivity contribution in [3.63, 3.8) is 0 Å². The van der Waals surface area contributed by atoms with Gasteiger partial charge in [0.05, 0.1) is 6.61 Å². The third kappa shape index (κ3) is 32.8. The molecule has 0 rings (SSSR count). The molecule has 1 N–H and O–H groups in total. The van der Waals surface area contributed by atoms with Crippen molar-refractivity contribution < 1.29 is 24.2 Å². The number of rotatable bonds is 32. The van der Waals surface area contributed by atoms with Gasteiger partial charge >= 0.3 is 11.9 Å². The fraction of sp³-hybridized carbons (Fsp3) is 0.744. The summed E-state index contributed by atoms with van der Waals surface area (Å²) < 4.78 is 10.5. The second kappa shape index (κ2) is 35.3. The lowest BCUT2D eigenvalue weighted by Gasteiger charge is -2.15. The summed E-state index contributed by atoms with van der Waals surface area (Å²) in [6.45, 7) is 4.05. The number of carbonyl (C=O) groups excluding carboxylic acids is 2. The molecule has 5 nitrogen and oxygen atoms in total. The Morgan fingerprint density at radius 3 is 1.43 bits per heavy atom. The number of aliphatic hydroxyl groups excluding tert-OH is 1. The SMILES string of the molecule is CCCCC/C=C\C/C=C\C/C=C\C/C=C\CCCC(=O)O[C@@H](CO)COC(=O)CCCCCCCCCCCCCCC. The number of unbranched alkanes of at least 4 members (excludes halogenated alkanes) is 16. The van der Waals surface area contributed by atoms with E-state index in [0.29, 0.717) is 12.8 Å². The zero-order chi connectivity index (χ0) is 32.2. The Labute approximate surface area is 271 Å². The predicted molar refractivity (Wildman–Crippen MR) is 187 cm³/mol. The summed E-state index contributed by atoms with van der Waals surface area (Å²) in [6.07, 6.45) is 43.1. The minimum absolute atomic E-state index is 0.0866. The Kier molecular flexibility index (Phi) is 33.6. The first-order chi connectivity index (χ1) is 21.6. The minimum Gasteiger partial charge on any atom is -0.462 e. The van der Waals surface area contributed by atoms with E-state index in [1.54, 1.807) is 0 Å². The highest BCUT2D eigenvalue weighted by atomic mass is 16.6. The van der Waals surface area contributed by atoms with Gasteiger partial charge in [0.25, 0.3) is 0 Å². The van der Waals surface area contributed by atoms with Crippen LogP contribution < -0.4 is 0 Å². The number of ether oxygens (including phenoxy) is 2. The van der Waals surface area contributed by atoms with E-state index in [2.05, 4.69) is 62.5 Å². The molecular formula is C39H68O5. The molecule has 0 aromatic rings. The molecule has 0 radical (unpaired) electrons. The molecule has 5 heteroatoms. The van der Waals surface area contributed by atoms with Crippen molar-refractivity contribution in [2.24, 2.45) is 0 Å². The van der Waals surface area contributed by atoms with E-state index in [-0.39, 0.29) is 31.6 Å². The Bertz CT molecular complexity index is 752. The lowest BCUT2D eigenvalue weighted by Crippen LogP contribution is -2.28. The van der Waals surface area contributed by atoms with E-state index in [0.717, 1.165) is 44.9 Å². The number of esters is 2. The van der Waals surface area contributed by atoms with Crippen LogP contribution in [0.2, 0.25) is 0 Å². The minimum atomic E-state index is -0.797. The summed E-state index contributed by atoms with van der Waals surface area (Å²) in [6, 6.07) is 0. The molecule has 0 spiro atoms. The van der Waals surface area contributed by atoms with Crippen molar-refractivity contribution >= 4 is 11.9 Å². The van der Waals surface area contributed by atoms with Crippen molar-refractivity contribution in [1.29, 1.82) is 0 Å². The summed E-state index contributed by atoms with van der Waals surface area (Å²) >= 11 is 0. The van der Waals surface area contributed by atoms with Gasteiger partial charge in [-0.1, -0.05) is 152 Å². The van der Waals surface area contributed by atoms with Crippen molar-refractivity contribution in [1.82, 2.24) is 0 Å². The summed E-state index contributed by atoms with van der Waals surface area (Å²) in [5, 5.41) is 9.51. The van der Waals surface area contributed by atoms with Gasteiger partial charge in [0.15, 0.2) is 6.10 Å². The third-order valence-electron chi connectivity index (χ3n) is 7.63. The molecule has 0 saturated carbocycles. The molecule has 0 aliphatic carbocycles. The van der Waals surface area contributed by atoms with Crippen LogP contribution in [-0.2, 0) is 19.1 Å². The molecule has 44 heavy (non-hydrogen) atoms. The fourth-order valence-corrected chi connectivity index (χ4v) is 4.84. The van der Waals surface area contributed by atoms with Gasteiger partial charge in [0.1, 0.15) is 6.61 Å². The zero-order valence-corrected chi connectivity index (χ0v) is 28.7. The first-order valence-electron chi connectivity index (χ1n) is 18.2. The topological polar surface area (TPSA) is 72.8 Å². The Hall–Kier alpha value is -2.14. The average molecular weight is 617 g/mol. The van der Waals surface area contributed by atoms with Gasteiger partial charge in [0, 0.05) is 12.8 Å². The zero-order valence-electron chi connectivity index (χ0n) is 28.7. The van der Waals surface area contributed by atoms with E-state index < -0.39 is 6.10 Å². The molecule has 0 heterocycles. The Balaban J connectivity index is 3.69. The lowest BCUT2D eigenvalue weighted by molar-refractivity contribution is -0.161. The second-order valence-corrected chi connectivity index (χ2v) is 12.0. The molecule has 0 aliphatic rings. The lowest BCUT2D eigenvalue weighted by atomic mass is 10.0. The van der Waals surface area contributed by atoms with Gasteiger partial charge in [0.2, 0.25) is 0 Å². The van der Waals surface area contributed by atoms with Gasteiger partial charge in [-0.05, 0) is 51.4 Å². The third-order valence-corrected chi connectivity index (χ3v) is 7.63. The normalized spacial score (nSPS) is 12.7. The summed E-state index contributed by atoms with van der Waals surface area (Å²) in [5.41, 5.74) is 0. The molecule has 0 aromatic heterocycles. The highest BCUT2D eigenvalue weighted by molar-refractivity contribution is 5.70. The summed E-state index contributed by atoms with van der Waals surface area (Å²) in [4.78, 5) is 24.1. The molecule has 0 aromatic carbocycles. The molecule has 0 bridgehead atoms. The fourth-order valence-electron chi connectivity index (χ4n) is 4.84. The van der Waals surface area contributed by atoms with Crippen LogP contribution in [0.3, 0.4) is 0 Å². The van der Waals surface area contributed by atoms with Crippen LogP contribution in [0.1, 0.15) is 168 Å². The smallest absolute Gasteiger partial charge is 0.306 e. The summed E-state index contributed by atoms with van der Waals surface area (Å²) in [7, 11) is 0. The van der Waals surface area contributed by atoms with E-state index in [4.69, 9.17) is 9.47 Å². The maximum Gasteiger partial charge on any atom is 0.306 e. The summed E-state index contributed by atoms with van der Waals surface area (Å²) in [5.74, 6) is -0.657. The van der Waals surface area contributed by atoms with Crippen LogP contribution in [0, 0.1) is 0 Å². The highest BCUT2D eigenvalue weighted by Crippen LogP contribution is 2.13. The van der Waals surface area contributed by atoms with Crippen molar-refractivity contribution in [3.05, 3.63) is 48.6 Å². The molecule has 0 unspecified atom stereocenters. The highest BCUT2D eigenvalue weighted by Gasteiger charge is 2.15. The van der Waals surface area contributed by atoms with Crippen LogP contribution in [0.15, 0.2) is 48.6 Å². The number of carbonyl (C=O) groups is 2. The molecule has 1 atom stereocenters. The van der Waals surface area contributed by atoms with Crippen LogP contribution in [0.4, 0.5) is 0 Å². The molecule has 0 fully saturated rings. The van der Waals surface area contributed by atoms with Gasteiger partial charge < -0.3 is 14.6 Å². The Morgan fingerprint density at radius 1 is 0.523 bits per heavy atom. The van der Waals surface area contributed by atoms with E-state index in [1.165, 1.54) is 89.9 Å². The van der Waals surface area contributed by atoms with Crippen LogP contribution in [0.5, 0.6) is 0 Å². The quantitative estimate of drug-likeness (QED) is 0.0462. The monoisotopic (exact) mass is 617 g/mol. The van der Waals surface area contributed by atoms with Crippen molar-refractivity contribution in [2.45, 2.75) is 174 Å². The Morgan fingerprint density at radius 2 is 0.932 bits per heavy atom. The van der Waals surface area contributed by atoms with Gasteiger partial charge in [-0.3, -0.25) is 9.59 Å². The molecule has 0 saturated heterocycles. The first kappa shape index (κ1) is 41.9. The molecule has 0 aliphatic heterocycles. The van der Waals surface area contributed by atoms with Crippen LogP contribution >= 0.6 is 0 Å². The average Bonchev–Trinajstić information content (AvgIpc) is 3.02. The van der Waals surface area contributed by atoms with Crippen LogP contribution in [0.25, 0.3) is 0 Å². The largest absolute Gasteiger partial charge is 0.462 e. The predicted octanol–water partition coefficient (Wildman–Crippen LogP) is 11.1. The number of hydrogen-bond acceptors (Lipinski definition) is 5. The molecular weight excluding hydrogens is 548 g/mol. The number of aliphatic hydroxyl groups is 1. The van der Waals surface area contributed by atoms with Crippen molar-refractivity contribution in [3.8, 4) is 0 Å². The number of hydrogen-bond donors (Lipinski definition) is 1.